The first-order valence-corrected chi connectivity index (χ1v) is 12.8. The Labute approximate surface area is 185 Å². The van der Waals surface area contributed by atoms with Crippen molar-refractivity contribution in [3.8, 4) is 0 Å². The SMILES string of the molecule is CCCCCCCCCCCCC1(C)CCC[Si](C)(C)O1.[H-].[K+]. The Morgan fingerprint density at radius 3 is 1.91 bits per heavy atom. The molecule has 0 aromatic heterocycles. The average Bonchev–Trinajstić information content (AvgIpc) is 2.39. The van der Waals surface area contributed by atoms with Gasteiger partial charge >= 0.3 is 51.4 Å². The zero-order valence-electron chi connectivity index (χ0n) is 17.3. The van der Waals surface area contributed by atoms with E-state index in [0.29, 0.717) is 0 Å². The molecular weight excluding hydrogens is 311 g/mol. The molecule has 1 unspecified atom stereocenters. The summed E-state index contributed by atoms with van der Waals surface area (Å²) in [5.41, 5.74) is 0.216. The molecule has 0 spiro atoms. The zero-order valence-corrected chi connectivity index (χ0v) is 20.4. The van der Waals surface area contributed by atoms with Crippen molar-refractivity contribution in [3.63, 3.8) is 0 Å². The molecule has 1 saturated heterocycles. The van der Waals surface area contributed by atoms with Gasteiger partial charge in [-0.1, -0.05) is 77.6 Å². The molecule has 1 atom stereocenters. The Balaban J connectivity index is 0. The minimum Gasteiger partial charge on any atom is -1.00 e. The number of rotatable bonds is 11. The van der Waals surface area contributed by atoms with E-state index in [2.05, 4.69) is 26.9 Å². The van der Waals surface area contributed by atoms with Gasteiger partial charge in [0.25, 0.3) is 0 Å². The molecule has 0 saturated carbocycles. The molecule has 0 aromatic rings. The predicted molar refractivity (Wildman–Crippen MR) is 98.6 cm³/mol. The summed E-state index contributed by atoms with van der Waals surface area (Å²) in [5, 5.41) is 0. The molecule has 1 fully saturated rings. The molecule has 3 heteroatoms. The Morgan fingerprint density at radius 2 is 1.41 bits per heavy atom. The van der Waals surface area contributed by atoms with Gasteiger partial charge in [-0.25, -0.2) is 0 Å². The maximum atomic E-state index is 6.48. The summed E-state index contributed by atoms with van der Waals surface area (Å²) in [4.78, 5) is 0. The first-order valence-electron chi connectivity index (χ1n) is 9.68. The summed E-state index contributed by atoms with van der Waals surface area (Å²) >= 11 is 0. The van der Waals surface area contributed by atoms with Gasteiger partial charge in [0.2, 0.25) is 0 Å². The molecule has 128 valence electrons. The van der Waals surface area contributed by atoms with Crippen LogP contribution in [-0.2, 0) is 4.43 Å². The van der Waals surface area contributed by atoms with Crippen LogP contribution >= 0.6 is 0 Å². The van der Waals surface area contributed by atoms with E-state index in [1.54, 1.807) is 0 Å². The molecule has 1 nitrogen and oxygen atoms in total. The first-order chi connectivity index (χ1) is 9.97. The Morgan fingerprint density at radius 1 is 0.909 bits per heavy atom. The maximum Gasteiger partial charge on any atom is 1.00 e. The standard InChI is InChI=1S/C19H40OSi.K.H/c1-5-6-7-8-9-10-11-12-13-14-16-19(2)17-15-18-21(3,4)20-19;;/h5-18H2,1-4H3;;/q;+1;-1. The monoisotopic (exact) mass is 352 g/mol. The van der Waals surface area contributed by atoms with E-state index in [0.717, 1.165) is 0 Å². The number of hydrogen-bond acceptors (Lipinski definition) is 1. The van der Waals surface area contributed by atoms with E-state index in [-0.39, 0.29) is 58.4 Å². The van der Waals surface area contributed by atoms with Gasteiger partial charge < -0.3 is 5.85 Å². The zero-order chi connectivity index (χ0) is 15.6. The molecule has 1 aliphatic heterocycles. The summed E-state index contributed by atoms with van der Waals surface area (Å²) in [5.74, 6) is 0. The van der Waals surface area contributed by atoms with E-state index in [1.165, 1.54) is 89.5 Å². The van der Waals surface area contributed by atoms with Gasteiger partial charge in [0.15, 0.2) is 8.32 Å². The maximum absolute atomic E-state index is 6.48. The van der Waals surface area contributed by atoms with Gasteiger partial charge in [0, 0.05) is 0 Å². The minimum atomic E-state index is -1.32. The van der Waals surface area contributed by atoms with Crippen LogP contribution in [0, 0.1) is 0 Å². The van der Waals surface area contributed by atoms with Crippen molar-refractivity contribution >= 4 is 8.32 Å². The molecule has 0 bridgehead atoms. The molecule has 1 aliphatic rings. The third-order valence-corrected chi connectivity index (χ3v) is 7.67. The molecule has 1 rings (SSSR count). The van der Waals surface area contributed by atoms with E-state index in [4.69, 9.17) is 4.43 Å². The van der Waals surface area contributed by atoms with Crippen molar-refractivity contribution in [1.29, 1.82) is 0 Å². The Kier molecular flexibility index (Phi) is 14.2. The van der Waals surface area contributed by atoms with Crippen molar-refractivity contribution < 1.29 is 57.2 Å². The summed E-state index contributed by atoms with van der Waals surface area (Å²) in [7, 11) is -1.32. The van der Waals surface area contributed by atoms with Crippen molar-refractivity contribution in [2.24, 2.45) is 0 Å². The fourth-order valence-corrected chi connectivity index (χ4v) is 6.49. The van der Waals surface area contributed by atoms with E-state index < -0.39 is 8.32 Å². The molecule has 0 radical (unpaired) electrons. The van der Waals surface area contributed by atoms with E-state index >= 15 is 0 Å². The fourth-order valence-electron chi connectivity index (χ4n) is 3.82. The molecular formula is C19H41KOSi. The van der Waals surface area contributed by atoms with Crippen LogP contribution in [0.1, 0.15) is 98.7 Å². The Hall–Kier alpha value is 1.81. The van der Waals surface area contributed by atoms with Crippen LogP contribution in [0.5, 0.6) is 0 Å². The van der Waals surface area contributed by atoms with Crippen molar-refractivity contribution in [2.75, 3.05) is 0 Å². The van der Waals surface area contributed by atoms with E-state index in [9.17, 15) is 0 Å². The summed E-state index contributed by atoms with van der Waals surface area (Å²) in [6.07, 6.45) is 18.3. The van der Waals surface area contributed by atoms with Crippen LogP contribution in [0.4, 0.5) is 0 Å². The van der Waals surface area contributed by atoms with Crippen molar-refractivity contribution in [1.82, 2.24) is 0 Å². The Bertz CT molecular complexity index is 276. The minimum absolute atomic E-state index is 0. The van der Waals surface area contributed by atoms with Gasteiger partial charge in [-0.2, -0.15) is 0 Å². The predicted octanol–water partition coefficient (Wildman–Crippen LogP) is 4.19. The quantitative estimate of drug-likeness (QED) is 0.400. The summed E-state index contributed by atoms with van der Waals surface area (Å²) < 4.78 is 6.48. The molecule has 0 amide bonds. The van der Waals surface area contributed by atoms with Crippen molar-refractivity contribution in [2.45, 2.75) is 122 Å². The summed E-state index contributed by atoms with van der Waals surface area (Å²) in [6.45, 7) is 9.45. The van der Waals surface area contributed by atoms with Crippen LogP contribution in [0.25, 0.3) is 0 Å². The second-order valence-corrected chi connectivity index (χ2v) is 12.3. The number of unbranched alkanes of at least 4 members (excludes halogenated alkanes) is 9. The molecule has 1 heterocycles. The van der Waals surface area contributed by atoms with Gasteiger partial charge in [-0.05, 0) is 38.9 Å². The van der Waals surface area contributed by atoms with Gasteiger partial charge in [-0.3, -0.25) is 0 Å². The normalized spacial score (nSPS) is 24.0. The van der Waals surface area contributed by atoms with Crippen LogP contribution in [0.3, 0.4) is 0 Å². The average molecular weight is 353 g/mol. The van der Waals surface area contributed by atoms with Gasteiger partial charge in [0.1, 0.15) is 0 Å². The third-order valence-electron chi connectivity index (χ3n) is 5.07. The van der Waals surface area contributed by atoms with Crippen LogP contribution in [-0.4, -0.2) is 13.9 Å². The second-order valence-electron chi connectivity index (χ2n) is 8.10. The largest absolute Gasteiger partial charge is 1.00 e. The number of hydrogen-bond donors (Lipinski definition) is 0. The third kappa shape index (κ3) is 11.4. The molecule has 0 aromatic carbocycles. The fraction of sp³-hybridized carbons (Fsp3) is 1.00. The summed E-state index contributed by atoms with van der Waals surface area (Å²) in [6, 6.07) is 1.36. The second kappa shape index (κ2) is 13.1. The van der Waals surface area contributed by atoms with Gasteiger partial charge in [-0.15, -0.1) is 0 Å². The van der Waals surface area contributed by atoms with Crippen LogP contribution < -0.4 is 51.4 Å². The van der Waals surface area contributed by atoms with Crippen molar-refractivity contribution in [3.05, 3.63) is 0 Å². The topological polar surface area (TPSA) is 9.23 Å². The smallest absolute Gasteiger partial charge is 1.00 e. The molecule has 22 heavy (non-hydrogen) atoms. The van der Waals surface area contributed by atoms with Crippen LogP contribution in [0.15, 0.2) is 0 Å². The molecule has 0 N–H and O–H groups in total. The van der Waals surface area contributed by atoms with Crippen LogP contribution in [0.2, 0.25) is 19.1 Å². The molecule has 0 aliphatic carbocycles. The van der Waals surface area contributed by atoms with E-state index in [1.807, 2.05) is 0 Å². The van der Waals surface area contributed by atoms with Gasteiger partial charge in [0.05, 0.1) is 5.60 Å². The first kappa shape index (κ1) is 23.8.